The highest BCUT2D eigenvalue weighted by atomic mass is 32.1. The van der Waals surface area contributed by atoms with E-state index < -0.39 is 7.14 Å². The SMILES string of the molecule is O=P(c1ccccc1)(c1ccccc1)c1ccc2sc3ccc(P)cc3c2c1.c1ccc(Cc2ccccc2)cc1. The number of hydrogen-bond donors (Lipinski definition) is 0. The Hall–Kier alpha value is -3.80. The molecule has 0 aliphatic carbocycles. The average molecular weight is 585 g/mol. The highest BCUT2D eigenvalue weighted by Gasteiger charge is 2.30. The van der Waals surface area contributed by atoms with Crippen molar-refractivity contribution in [2.75, 3.05) is 0 Å². The predicted octanol–water partition coefficient (Wildman–Crippen LogP) is 8.47. The van der Waals surface area contributed by atoms with Gasteiger partial charge in [0.1, 0.15) is 0 Å². The fourth-order valence-electron chi connectivity index (χ4n) is 5.13. The van der Waals surface area contributed by atoms with Crippen molar-refractivity contribution in [1.82, 2.24) is 0 Å². The van der Waals surface area contributed by atoms with Crippen molar-refractivity contribution in [3.63, 3.8) is 0 Å². The maximum atomic E-state index is 14.6. The lowest BCUT2D eigenvalue weighted by Gasteiger charge is -2.20. The molecular weight excluding hydrogens is 554 g/mol. The third-order valence-electron chi connectivity index (χ3n) is 7.17. The molecule has 1 nitrogen and oxygen atoms in total. The number of benzene rings is 6. The molecule has 0 saturated carbocycles. The molecule has 0 N–H and O–H groups in total. The number of hydrogen-bond acceptors (Lipinski definition) is 2. The first-order valence-electron chi connectivity index (χ1n) is 13.6. The number of rotatable bonds is 5. The minimum Gasteiger partial charge on any atom is -0.309 e. The van der Waals surface area contributed by atoms with E-state index in [-0.39, 0.29) is 0 Å². The van der Waals surface area contributed by atoms with E-state index in [0.717, 1.165) is 27.6 Å². The maximum absolute atomic E-state index is 14.6. The van der Waals surface area contributed by atoms with Crippen LogP contribution in [0.5, 0.6) is 0 Å². The summed E-state index contributed by atoms with van der Waals surface area (Å²) in [7, 11) is -0.178. The van der Waals surface area contributed by atoms with Crippen molar-refractivity contribution >= 4 is 69.1 Å². The molecule has 0 bridgehead atoms. The molecule has 6 aromatic carbocycles. The summed E-state index contributed by atoms with van der Waals surface area (Å²) in [5.41, 5.74) is 2.74. The second-order valence-electron chi connectivity index (χ2n) is 9.97. The van der Waals surface area contributed by atoms with Crippen molar-refractivity contribution in [3.05, 3.63) is 169 Å². The van der Waals surface area contributed by atoms with E-state index in [1.54, 1.807) is 11.3 Å². The molecule has 4 heteroatoms. The van der Waals surface area contributed by atoms with Crippen LogP contribution in [0.15, 0.2) is 158 Å². The lowest BCUT2D eigenvalue weighted by molar-refractivity contribution is 0.592. The van der Waals surface area contributed by atoms with Crippen LogP contribution in [0.2, 0.25) is 0 Å². The van der Waals surface area contributed by atoms with E-state index in [4.69, 9.17) is 0 Å². The molecule has 0 amide bonds. The first kappa shape index (κ1) is 27.4. The molecule has 0 spiro atoms. The quantitative estimate of drug-likeness (QED) is 0.186. The largest absolute Gasteiger partial charge is 0.309 e. The Morgan fingerprint density at radius 3 is 1.44 bits per heavy atom. The summed E-state index contributed by atoms with van der Waals surface area (Å²) in [5.74, 6) is 0. The molecule has 7 rings (SSSR count). The molecule has 0 fully saturated rings. The normalized spacial score (nSPS) is 11.2. The first-order valence-corrected chi connectivity index (χ1v) is 16.7. The summed E-state index contributed by atoms with van der Waals surface area (Å²) in [5, 5.41) is 6.17. The summed E-state index contributed by atoms with van der Waals surface area (Å²) in [6.45, 7) is 0. The molecular formula is C37H30OP2S. The maximum Gasteiger partial charge on any atom is 0.171 e. The molecule has 0 saturated heterocycles. The van der Waals surface area contributed by atoms with E-state index in [1.165, 1.54) is 31.3 Å². The van der Waals surface area contributed by atoms with Gasteiger partial charge in [-0.2, -0.15) is 0 Å². The van der Waals surface area contributed by atoms with Gasteiger partial charge < -0.3 is 4.57 Å². The highest BCUT2D eigenvalue weighted by molar-refractivity contribution is 7.85. The van der Waals surface area contributed by atoms with Crippen molar-refractivity contribution in [1.29, 1.82) is 0 Å². The van der Waals surface area contributed by atoms with Crippen LogP contribution >= 0.6 is 27.7 Å². The lowest BCUT2D eigenvalue weighted by Crippen LogP contribution is -2.24. The van der Waals surface area contributed by atoms with Crippen LogP contribution in [0.25, 0.3) is 20.2 Å². The highest BCUT2D eigenvalue weighted by Crippen LogP contribution is 2.44. The van der Waals surface area contributed by atoms with Gasteiger partial charge in [-0.1, -0.05) is 127 Å². The smallest absolute Gasteiger partial charge is 0.171 e. The predicted molar refractivity (Wildman–Crippen MR) is 184 cm³/mol. The standard InChI is InChI=1S/C24H18OP2S.C13H12/c25-27(18-7-3-1-4-8-18,19-9-5-2-6-10-19)20-12-14-24-22(16-20)21-15-17(26)11-13-23(21)28-24;1-3-7-12(8-4-1)11-13-9-5-2-6-10-13/h1-16H,26H2;1-10H,11H2. The minimum atomic E-state index is -2.95. The average Bonchev–Trinajstić information content (AvgIpc) is 3.40. The molecule has 1 atom stereocenters. The monoisotopic (exact) mass is 584 g/mol. The van der Waals surface area contributed by atoms with Crippen LogP contribution in [0.3, 0.4) is 0 Å². The van der Waals surface area contributed by atoms with E-state index >= 15 is 0 Å². The second kappa shape index (κ2) is 12.4. The van der Waals surface area contributed by atoms with Gasteiger partial charge in [-0.3, -0.25) is 0 Å². The molecule has 0 aliphatic rings. The fourth-order valence-corrected chi connectivity index (χ4v) is 9.13. The van der Waals surface area contributed by atoms with Gasteiger partial charge in [0.05, 0.1) is 0 Å². The first-order chi connectivity index (χ1) is 20.1. The minimum absolute atomic E-state index is 0.867. The van der Waals surface area contributed by atoms with E-state index in [9.17, 15) is 4.57 Å². The van der Waals surface area contributed by atoms with E-state index in [1.807, 2.05) is 66.7 Å². The molecule has 1 aromatic heterocycles. The van der Waals surface area contributed by atoms with Gasteiger partial charge in [-0.15, -0.1) is 20.6 Å². The van der Waals surface area contributed by atoms with E-state index in [0.29, 0.717) is 0 Å². The molecule has 0 radical (unpaired) electrons. The summed E-state index contributed by atoms with van der Waals surface area (Å²) in [6.07, 6.45) is 1.03. The van der Waals surface area contributed by atoms with Crippen LogP contribution in [-0.2, 0) is 11.0 Å². The van der Waals surface area contributed by atoms with Crippen LogP contribution < -0.4 is 21.2 Å². The Bertz CT molecular complexity index is 1850. The summed E-state index contributed by atoms with van der Waals surface area (Å²) >= 11 is 1.78. The van der Waals surface area contributed by atoms with Gasteiger partial charge in [0.15, 0.2) is 7.14 Å². The van der Waals surface area contributed by atoms with Crippen LogP contribution in [-0.4, -0.2) is 0 Å². The van der Waals surface area contributed by atoms with E-state index in [2.05, 4.69) is 100 Å². The van der Waals surface area contributed by atoms with Gasteiger partial charge in [0.25, 0.3) is 0 Å². The molecule has 0 aliphatic heterocycles. The number of fused-ring (bicyclic) bond motifs is 3. The lowest BCUT2D eigenvalue weighted by atomic mass is 10.1. The second-order valence-corrected chi connectivity index (χ2v) is 14.5. The zero-order valence-corrected chi connectivity index (χ0v) is 25.4. The summed E-state index contributed by atoms with van der Waals surface area (Å²) in [4.78, 5) is 0. The van der Waals surface area contributed by atoms with Gasteiger partial charge in [0, 0.05) is 36.1 Å². The Kier molecular flexibility index (Phi) is 8.26. The summed E-state index contributed by atoms with van der Waals surface area (Å²) < 4.78 is 17.1. The Morgan fingerprint density at radius 2 is 0.927 bits per heavy atom. The zero-order valence-electron chi connectivity index (χ0n) is 22.6. The Morgan fingerprint density at radius 1 is 0.488 bits per heavy atom. The van der Waals surface area contributed by atoms with Crippen LogP contribution in [0, 0.1) is 0 Å². The third-order valence-corrected chi connectivity index (χ3v) is 11.7. The molecule has 200 valence electrons. The fraction of sp³-hybridized carbons (Fsp3) is 0.0270. The molecule has 1 heterocycles. The summed E-state index contributed by atoms with van der Waals surface area (Å²) in [6, 6.07) is 53.5. The van der Waals surface area contributed by atoms with Crippen molar-refractivity contribution in [2.24, 2.45) is 0 Å². The Labute approximate surface area is 248 Å². The van der Waals surface area contributed by atoms with Crippen molar-refractivity contribution < 1.29 is 4.57 Å². The van der Waals surface area contributed by atoms with Crippen molar-refractivity contribution in [2.45, 2.75) is 6.42 Å². The Balaban J connectivity index is 0.000000195. The van der Waals surface area contributed by atoms with Crippen LogP contribution in [0.1, 0.15) is 11.1 Å². The number of thiophene rings is 1. The van der Waals surface area contributed by atoms with Gasteiger partial charge >= 0.3 is 0 Å². The topological polar surface area (TPSA) is 17.1 Å². The zero-order chi connectivity index (χ0) is 28.1. The van der Waals surface area contributed by atoms with Crippen molar-refractivity contribution in [3.8, 4) is 0 Å². The van der Waals surface area contributed by atoms with Gasteiger partial charge in [-0.25, -0.2) is 0 Å². The molecule has 1 unspecified atom stereocenters. The van der Waals surface area contributed by atoms with Crippen LogP contribution in [0.4, 0.5) is 0 Å². The molecule has 41 heavy (non-hydrogen) atoms. The van der Waals surface area contributed by atoms with Gasteiger partial charge in [0.2, 0.25) is 0 Å². The third kappa shape index (κ3) is 5.97. The van der Waals surface area contributed by atoms with Gasteiger partial charge in [-0.05, 0) is 53.2 Å². The molecule has 7 aromatic rings.